The lowest BCUT2D eigenvalue weighted by molar-refractivity contribution is 0.101. The Morgan fingerprint density at radius 1 is 1.00 bits per heavy atom. The summed E-state index contributed by atoms with van der Waals surface area (Å²) in [5, 5.41) is 19.7. The van der Waals surface area contributed by atoms with Crippen molar-refractivity contribution in [3.8, 4) is 17.2 Å². The van der Waals surface area contributed by atoms with Gasteiger partial charge in [0, 0.05) is 5.56 Å². The van der Waals surface area contributed by atoms with E-state index in [1.165, 1.54) is 27.9 Å². The van der Waals surface area contributed by atoms with Gasteiger partial charge in [0.1, 0.15) is 28.4 Å². The molecule has 0 amide bonds. The van der Waals surface area contributed by atoms with Crippen molar-refractivity contribution >= 4 is 11.6 Å². The van der Waals surface area contributed by atoms with Gasteiger partial charge in [-0.2, -0.15) is 0 Å². The van der Waals surface area contributed by atoms with Gasteiger partial charge in [0.15, 0.2) is 11.6 Å². The number of hydrogen-bond acceptors (Lipinski definition) is 5. The first-order valence-electron chi connectivity index (χ1n) is 4.97. The van der Waals surface area contributed by atoms with E-state index in [4.69, 9.17) is 4.74 Å². The predicted molar refractivity (Wildman–Crippen MR) is 61.1 cm³/mol. The Morgan fingerprint density at radius 2 is 1.47 bits per heavy atom. The highest BCUT2D eigenvalue weighted by molar-refractivity contribution is 6.08. The molecular formula is C12H14O5. The Balaban J connectivity index is 3.82. The van der Waals surface area contributed by atoms with Crippen molar-refractivity contribution < 1.29 is 24.5 Å². The summed E-state index contributed by atoms with van der Waals surface area (Å²) in [6.45, 7) is 3.95. The van der Waals surface area contributed by atoms with Gasteiger partial charge in [-0.3, -0.25) is 9.59 Å². The first kappa shape index (κ1) is 13.0. The molecule has 0 aromatic heterocycles. The van der Waals surface area contributed by atoms with Crippen molar-refractivity contribution in [3.63, 3.8) is 0 Å². The minimum Gasteiger partial charge on any atom is -0.507 e. The van der Waals surface area contributed by atoms with Crippen LogP contribution in [0.15, 0.2) is 0 Å². The van der Waals surface area contributed by atoms with Crippen LogP contribution >= 0.6 is 0 Å². The molecule has 0 bridgehead atoms. The zero-order chi connectivity index (χ0) is 13.3. The van der Waals surface area contributed by atoms with Crippen molar-refractivity contribution in [1.82, 2.24) is 0 Å². The summed E-state index contributed by atoms with van der Waals surface area (Å²) < 4.78 is 4.98. The lowest BCUT2D eigenvalue weighted by Crippen LogP contribution is -2.06. The summed E-state index contributed by atoms with van der Waals surface area (Å²) in [6, 6.07) is 0. The van der Waals surface area contributed by atoms with Crippen LogP contribution in [0.5, 0.6) is 17.2 Å². The number of ketones is 2. The highest BCUT2D eigenvalue weighted by atomic mass is 16.5. The molecule has 0 atom stereocenters. The number of phenolic OH excluding ortho intramolecular Hbond substituents is 2. The van der Waals surface area contributed by atoms with Gasteiger partial charge in [-0.25, -0.2) is 0 Å². The number of hydrogen-bond donors (Lipinski definition) is 2. The standard InChI is InChI=1S/C12H14O5/c1-5-10(15)8(6(2)13)11(16)9(7(3)14)12(5)17-4/h15-16H,1-4H3. The monoisotopic (exact) mass is 238 g/mol. The summed E-state index contributed by atoms with van der Waals surface area (Å²) in [4.78, 5) is 22.8. The maximum absolute atomic E-state index is 11.5. The normalized spacial score (nSPS) is 10.1. The Morgan fingerprint density at radius 3 is 1.82 bits per heavy atom. The molecule has 5 nitrogen and oxygen atoms in total. The van der Waals surface area contributed by atoms with E-state index in [1.807, 2.05) is 0 Å². The van der Waals surface area contributed by atoms with Crippen LogP contribution in [0.25, 0.3) is 0 Å². The second-order valence-corrected chi connectivity index (χ2v) is 3.72. The van der Waals surface area contributed by atoms with E-state index < -0.39 is 17.3 Å². The third-order valence-corrected chi connectivity index (χ3v) is 2.54. The first-order valence-corrected chi connectivity index (χ1v) is 4.97. The van der Waals surface area contributed by atoms with Gasteiger partial charge in [-0.15, -0.1) is 0 Å². The van der Waals surface area contributed by atoms with Crippen LogP contribution in [-0.4, -0.2) is 28.9 Å². The molecule has 0 spiro atoms. The first-order chi connectivity index (χ1) is 7.82. The quantitative estimate of drug-likeness (QED) is 0.785. The number of rotatable bonds is 3. The second-order valence-electron chi connectivity index (χ2n) is 3.72. The molecule has 5 heteroatoms. The number of carbonyl (C=O) groups excluding carboxylic acids is 2. The van der Waals surface area contributed by atoms with E-state index >= 15 is 0 Å². The van der Waals surface area contributed by atoms with E-state index in [1.54, 1.807) is 0 Å². The maximum Gasteiger partial charge on any atom is 0.167 e. The van der Waals surface area contributed by atoms with Crippen molar-refractivity contribution in [2.75, 3.05) is 7.11 Å². The van der Waals surface area contributed by atoms with Crippen molar-refractivity contribution in [2.24, 2.45) is 0 Å². The molecule has 0 fully saturated rings. The van der Waals surface area contributed by atoms with Gasteiger partial charge < -0.3 is 14.9 Å². The molecule has 0 aliphatic carbocycles. The smallest absolute Gasteiger partial charge is 0.167 e. The zero-order valence-electron chi connectivity index (χ0n) is 10.1. The zero-order valence-corrected chi connectivity index (χ0v) is 10.1. The molecule has 0 saturated heterocycles. The molecule has 17 heavy (non-hydrogen) atoms. The van der Waals surface area contributed by atoms with E-state index in [9.17, 15) is 19.8 Å². The number of benzene rings is 1. The Bertz CT molecular complexity index is 502. The van der Waals surface area contributed by atoms with Crippen LogP contribution in [0.4, 0.5) is 0 Å². The number of aromatic hydroxyl groups is 2. The van der Waals surface area contributed by atoms with Crippen LogP contribution in [0.3, 0.4) is 0 Å². The molecule has 1 rings (SSSR count). The molecule has 1 aromatic rings. The summed E-state index contributed by atoms with van der Waals surface area (Å²) in [5.41, 5.74) is -0.0952. The van der Waals surface area contributed by atoms with Gasteiger partial charge in [0.25, 0.3) is 0 Å². The number of phenols is 2. The van der Waals surface area contributed by atoms with E-state index in [0.717, 1.165) is 0 Å². The lowest BCUT2D eigenvalue weighted by Gasteiger charge is -2.15. The summed E-state index contributed by atoms with van der Waals surface area (Å²) in [7, 11) is 1.32. The predicted octanol–water partition coefficient (Wildman–Crippen LogP) is 1.82. The Labute approximate surface area is 98.6 Å². The molecule has 0 saturated carbocycles. The lowest BCUT2D eigenvalue weighted by atomic mass is 9.97. The summed E-state index contributed by atoms with van der Waals surface area (Å²) in [6.07, 6.45) is 0. The molecule has 0 aliphatic rings. The fraction of sp³-hybridized carbons (Fsp3) is 0.333. The SMILES string of the molecule is COc1c(C)c(O)c(C(C)=O)c(O)c1C(C)=O. The van der Waals surface area contributed by atoms with Gasteiger partial charge >= 0.3 is 0 Å². The summed E-state index contributed by atoms with van der Waals surface area (Å²) >= 11 is 0. The topological polar surface area (TPSA) is 83.8 Å². The van der Waals surface area contributed by atoms with Crippen LogP contribution in [0, 0.1) is 6.92 Å². The minimum atomic E-state index is -0.537. The van der Waals surface area contributed by atoms with Crippen LogP contribution in [0.1, 0.15) is 40.1 Å². The Kier molecular flexibility index (Phi) is 3.41. The minimum absolute atomic E-state index is 0.0810. The number of Topliss-reactive ketones (excluding diaryl/α,β-unsaturated/α-hetero) is 2. The molecule has 0 heterocycles. The Hall–Kier alpha value is -2.04. The van der Waals surface area contributed by atoms with Gasteiger partial charge in [-0.05, 0) is 20.8 Å². The second kappa shape index (κ2) is 4.45. The van der Waals surface area contributed by atoms with Crippen molar-refractivity contribution in [2.45, 2.75) is 20.8 Å². The largest absolute Gasteiger partial charge is 0.507 e. The van der Waals surface area contributed by atoms with Crippen molar-refractivity contribution in [3.05, 3.63) is 16.7 Å². The fourth-order valence-corrected chi connectivity index (χ4v) is 1.74. The van der Waals surface area contributed by atoms with E-state index in [-0.39, 0.29) is 28.2 Å². The molecular weight excluding hydrogens is 224 g/mol. The average Bonchev–Trinajstić information content (AvgIpc) is 2.21. The summed E-state index contributed by atoms with van der Waals surface area (Å²) in [5.74, 6) is -1.78. The van der Waals surface area contributed by atoms with E-state index in [0.29, 0.717) is 0 Å². The van der Waals surface area contributed by atoms with E-state index in [2.05, 4.69) is 0 Å². The van der Waals surface area contributed by atoms with Crippen LogP contribution in [-0.2, 0) is 0 Å². The number of methoxy groups -OCH3 is 1. The number of carbonyl (C=O) groups is 2. The maximum atomic E-state index is 11.5. The van der Waals surface area contributed by atoms with Crippen molar-refractivity contribution in [1.29, 1.82) is 0 Å². The fourth-order valence-electron chi connectivity index (χ4n) is 1.74. The molecule has 0 unspecified atom stereocenters. The highest BCUT2D eigenvalue weighted by Crippen LogP contribution is 2.42. The highest BCUT2D eigenvalue weighted by Gasteiger charge is 2.26. The molecule has 1 aromatic carbocycles. The van der Waals surface area contributed by atoms with Crippen LogP contribution < -0.4 is 4.74 Å². The molecule has 0 aliphatic heterocycles. The van der Waals surface area contributed by atoms with Gasteiger partial charge in [-0.1, -0.05) is 0 Å². The average molecular weight is 238 g/mol. The third kappa shape index (κ3) is 1.95. The molecule has 92 valence electrons. The van der Waals surface area contributed by atoms with Crippen LogP contribution in [0.2, 0.25) is 0 Å². The number of ether oxygens (including phenoxy) is 1. The third-order valence-electron chi connectivity index (χ3n) is 2.54. The van der Waals surface area contributed by atoms with Gasteiger partial charge in [0.2, 0.25) is 0 Å². The van der Waals surface area contributed by atoms with Gasteiger partial charge in [0.05, 0.1) is 7.11 Å². The molecule has 2 N–H and O–H groups in total. The molecule has 0 radical (unpaired) electrons.